The number of hydrogen-bond donors (Lipinski definition) is 2. The lowest BCUT2D eigenvalue weighted by molar-refractivity contribution is 0.0254. The predicted octanol–water partition coefficient (Wildman–Crippen LogP) is 3.68. The number of nitrogens with one attached hydrogen (secondary N) is 2. The number of anilines is 2. The molecule has 1 saturated heterocycles. The van der Waals surface area contributed by atoms with E-state index in [2.05, 4.69) is 26.7 Å². The molecule has 1 amide bonds. The topological polar surface area (TPSA) is 109 Å². The van der Waals surface area contributed by atoms with Crippen LogP contribution in [0.3, 0.4) is 0 Å². The number of amides is 1. The summed E-state index contributed by atoms with van der Waals surface area (Å²) in [6, 6.07) is 16.4. The first-order valence-corrected chi connectivity index (χ1v) is 10.4. The van der Waals surface area contributed by atoms with Gasteiger partial charge in [-0.15, -0.1) is 0 Å². The zero-order valence-electron chi connectivity index (χ0n) is 17.7. The van der Waals surface area contributed by atoms with Crippen LogP contribution in [0, 0.1) is 11.3 Å². The summed E-state index contributed by atoms with van der Waals surface area (Å²) in [5, 5.41) is 15.4. The van der Waals surface area contributed by atoms with Gasteiger partial charge in [0, 0.05) is 42.9 Å². The highest BCUT2D eigenvalue weighted by molar-refractivity contribution is 5.94. The number of aromatic nitrogens is 2. The van der Waals surface area contributed by atoms with E-state index >= 15 is 0 Å². The summed E-state index contributed by atoms with van der Waals surface area (Å²) in [5.41, 5.74) is 2.54. The Hall–Kier alpha value is -3.96. The fourth-order valence-electron chi connectivity index (χ4n) is 3.40. The molecule has 1 aromatic heterocycles. The van der Waals surface area contributed by atoms with Gasteiger partial charge in [0.15, 0.2) is 5.82 Å². The van der Waals surface area contributed by atoms with Gasteiger partial charge in [-0.1, -0.05) is 0 Å². The molecule has 1 aliphatic heterocycles. The molecule has 32 heavy (non-hydrogen) atoms. The molecular formula is C24H23N5O3. The van der Waals surface area contributed by atoms with Gasteiger partial charge in [-0.3, -0.25) is 4.79 Å². The number of carbonyl (C=O) groups excluding carboxylic acids is 1. The third-order valence-corrected chi connectivity index (χ3v) is 5.12. The predicted molar refractivity (Wildman–Crippen MR) is 120 cm³/mol. The Kier molecular flexibility index (Phi) is 6.58. The first-order valence-electron chi connectivity index (χ1n) is 10.4. The fraction of sp³-hybridized carbons (Fsp3) is 0.250. The van der Waals surface area contributed by atoms with Crippen molar-refractivity contribution in [1.82, 2.24) is 15.3 Å². The van der Waals surface area contributed by atoms with Crippen LogP contribution in [0.25, 0.3) is 11.4 Å². The van der Waals surface area contributed by atoms with E-state index in [9.17, 15) is 10.1 Å². The Morgan fingerprint density at radius 2 is 1.94 bits per heavy atom. The number of nitriles is 1. The number of hydrogen-bond acceptors (Lipinski definition) is 7. The summed E-state index contributed by atoms with van der Waals surface area (Å²) in [4.78, 5) is 20.6. The normalized spacial score (nSPS) is 13.8. The van der Waals surface area contributed by atoms with Crippen molar-refractivity contribution in [3.05, 3.63) is 65.9 Å². The minimum absolute atomic E-state index is 0.0558. The fourth-order valence-corrected chi connectivity index (χ4v) is 3.40. The van der Waals surface area contributed by atoms with Crippen LogP contribution < -0.4 is 15.4 Å². The molecule has 2 aromatic carbocycles. The van der Waals surface area contributed by atoms with Crippen LogP contribution in [0.5, 0.6) is 5.75 Å². The molecule has 3 aromatic rings. The first-order chi connectivity index (χ1) is 15.7. The van der Waals surface area contributed by atoms with E-state index in [-0.39, 0.29) is 12.0 Å². The smallest absolute Gasteiger partial charge is 0.251 e. The quantitative estimate of drug-likeness (QED) is 0.615. The van der Waals surface area contributed by atoms with Gasteiger partial charge >= 0.3 is 0 Å². The molecule has 8 nitrogen and oxygen atoms in total. The molecule has 2 N–H and O–H groups in total. The van der Waals surface area contributed by atoms with Gasteiger partial charge in [-0.25, -0.2) is 9.97 Å². The van der Waals surface area contributed by atoms with Crippen LogP contribution in [-0.4, -0.2) is 42.2 Å². The Morgan fingerprint density at radius 1 is 1.16 bits per heavy atom. The molecule has 0 saturated carbocycles. The molecule has 8 heteroatoms. The maximum atomic E-state index is 11.7. The van der Waals surface area contributed by atoms with E-state index in [4.69, 9.17) is 9.47 Å². The van der Waals surface area contributed by atoms with Crippen molar-refractivity contribution in [1.29, 1.82) is 5.26 Å². The summed E-state index contributed by atoms with van der Waals surface area (Å²) in [6.07, 6.45) is 3.34. The first kappa shape index (κ1) is 21.3. The Labute approximate surface area is 186 Å². The van der Waals surface area contributed by atoms with E-state index < -0.39 is 0 Å². The van der Waals surface area contributed by atoms with Crippen LogP contribution in [-0.2, 0) is 4.74 Å². The Morgan fingerprint density at radius 3 is 2.66 bits per heavy atom. The van der Waals surface area contributed by atoms with Crippen LogP contribution in [0.15, 0.2) is 54.7 Å². The summed E-state index contributed by atoms with van der Waals surface area (Å²) < 4.78 is 11.4. The standard InChI is InChI=1S/C24H23N5O3/c1-26-24(30)16-2-5-19(6-3-16)28-22-8-11-27-23(29-22)17-4-7-21(18(14-17)15-25)32-20-9-12-31-13-10-20/h2-8,11,14,20H,9-10,12-13H2,1H3,(H,26,30)(H,27,28,29). The summed E-state index contributed by atoms with van der Waals surface area (Å²) in [6.45, 7) is 1.35. The van der Waals surface area contributed by atoms with Gasteiger partial charge in [0.05, 0.1) is 18.8 Å². The molecule has 162 valence electrons. The highest BCUT2D eigenvalue weighted by Gasteiger charge is 2.17. The second kappa shape index (κ2) is 9.90. The van der Waals surface area contributed by atoms with Gasteiger partial charge in [-0.2, -0.15) is 5.26 Å². The van der Waals surface area contributed by atoms with E-state index in [0.717, 1.165) is 24.1 Å². The number of rotatable bonds is 6. The highest BCUT2D eigenvalue weighted by Crippen LogP contribution is 2.27. The number of nitrogens with zero attached hydrogens (tertiary/aromatic N) is 3. The zero-order valence-corrected chi connectivity index (χ0v) is 17.7. The minimum Gasteiger partial charge on any atom is -0.489 e. The van der Waals surface area contributed by atoms with Gasteiger partial charge in [0.1, 0.15) is 23.7 Å². The lowest BCUT2D eigenvalue weighted by Gasteiger charge is -2.23. The van der Waals surface area contributed by atoms with Gasteiger partial charge in [0.25, 0.3) is 5.91 Å². The van der Waals surface area contributed by atoms with Crippen LogP contribution in [0.4, 0.5) is 11.5 Å². The molecule has 1 aliphatic rings. The molecular weight excluding hydrogens is 406 g/mol. The molecule has 0 unspecified atom stereocenters. The molecule has 2 heterocycles. The van der Waals surface area contributed by atoms with Crippen molar-refractivity contribution in [2.45, 2.75) is 18.9 Å². The lowest BCUT2D eigenvalue weighted by Crippen LogP contribution is -2.26. The van der Waals surface area contributed by atoms with Crippen LogP contribution >= 0.6 is 0 Å². The Bertz CT molecular complexity index is 1140. The highest BCUT2D eigenvalue weighted by atomic mass is 16.5. The third-order valence-electron chi connectivity index (χ3n) is 5.12. The SMILES string of the molecule is CNC(=O)c1ccc(Nc2ccnc(-c3ccc(OC4CCOCC4)c(C#N)c3)n2)cc1. The second-order valence-electron chi connectivity index (χ2n) is 7.30. The van der Waals surface area contributed by atoms with E-state index in [1.165, 1.54) is 0 Å². The van der Waals surface area contributed by atoms with Crippen LogP contribution in [0.2, 0.25) is 0 Å². The van der Waals surface area contributed by atoms with Crippen molar-refractivity contribution >= 4 is 17.4 Å². The van der Waals surface area contributed by atoms with E-state index in [0.29, 0.717) is 41.7 Å². The lowest BCUT2D eigenvalue weighted by atomic mass is 10.1. The zero-order chi connectivity index (χ0) is 22.3. The maximum absolute atomic E-state index is 11.7. The Balaban J connectivity index is 1.51. The van der Waals surface area contributed by atoms with Gasteiger partial charge in [0.2, 0.25) is 0 Å². The average Bonchev–Trinajstić information content (AvgIpc) is 2.85. The van der Waals surface area contributed by atoms with Gasteiger partial charge in [-0.05, 0) is 48.5 Å². The monoisotopic (exact) mass is 429 g/mol. The van der Waals surface area contributed by atoms with Gasteiger partial charge < -0.3 is 20.1 Å². The van der Waals surface area contributed by atoms with E-state index in [1.54, 1.807) is 43.6 Å². The van der Waals surface area contributed by atoms with E-state index in [1.807, 2.05) is 18.2 Å². The summed E-state index contributed by atoms with van der Waals surface area (Å²) in [7, 11) is 1.60. The largest absolute Gasteiger partial charge is 0.489 e. The van der Waals surface area contributed by atoms with Crippen molar-refractivity contribution in [2.75, 3.05) is 25.6 Å². The average molecular weight is 429 g/mol. The molecule has 0 radical (unpaired) electrons. The van der Waals surface area contributed by atoms with Crippen molar-refractivity contribution in [2.24, 2.45) is 0 Å². The maximum Gasteiger partial charge on any atom is 0.251 e. The molecule has 1 fully saturated rings. The molecule has 0 atom stereocenters. The van der Waals surface area contributed by atoms with Crippen molar-refractivity contribution in [3.63, 3.8) is 0 Å². The molecule has 0 bridgehead atoms. The minimum atomic E-state index is -0.140. The number of carbonyl (C=O) groups is 1. The third kappa shape index (κ3) is 5.02. The summed E-state index contributed by atoms with van der Waals surface area (Å²) in [5.74, 6) is 1.52. The molecule has 0 spiro atoms. The van der Waals surface area contributed by atoms with Crippen molar-refractivity contribution < 1.29 is 14.3 Å². The van der Waals surface area contributed by atoms with Crippen molar-refractivity contribution in [3.8, 4) is 23.2 Å². The molecule has 4 rings (SSSR count). The number of ether oxygens (including phenoxy) is 2. The number of benzene rings is 2. The second-order valence-corrected chi connectivity index (χ2v) is 7.30. The van der Waals surface area contributed by atoms with Crippen LogP contribution in [0.1, 0.15) is 28.8 Å². The summed E-state index contributed by atoms with van der Waals surface area (Å²) >= 11 is 0. The molecule has 0 aliphatic carbocycles.